The number of halogens is 1. The second kappa shape index (κ2) is 6.88. The van der Waals surface area contributed by atoms with Crippen LogP contribution in [0.3, 0.4) is 0 Å². The van der Waals surface area contributed by atoms with Crippen LogP contribution in [0.4, 0.5) is 0 Å². The number of carboxylic acid groups (broad SMARTS) is 1. The molecule has 3 N–H and O–H groups in total. The lowest BCUT2D eigenvalue weighted by Gasteiger charge is -2.10. The Bertz CT molecular complexity index is 408. The monoisotopic (exact) mass is 259 g/mol. The summed E-state index contributed by atoms with van der Waals surface area (Å²) < 4.78 is 4.56. The van der Waals surface area contributed by atoms with Gasteiger partial charge in [0, 0.05) is 6.04 Å². The van der Waals surface area contributed by atoms with Gasteiger partial charge in [0.2, 0.25) is 0 Å². The molecule has 1 atom stereocenters. The molecule has 0 saturated carbocycles. The van der Waals surface area contributed by atoms with E-state index in [1.807, 2.05) is 0 Å². The van der Waals surface area contributed by atoms with E-state index in [-0.39, 0.29) is 18.8 Å². The molecule has 0 amide bonds. The zero-order valence-corrected chi connectivity index (χ0v) is 10.1. The van der Waals surface area contributed by atoms with Gasteiger partial charge in [-0.05, 0) is 17.7 Å². The molecule has 0 aliphatic heterocycles. The smallest absolute Gasteiger partial charge is 0.337 e. The van der Waals surface area contributed by atoms with Crippen molar-refractivity contribution >= 4 is 24.3 Å². The predicted octanol–water partition coefficient (Wildman–Crippen LogP) is 1.37. The molecule has 0 fully saturated rings. The maximum absolute atomic E-state index is 11.2. The van der Waals surface area contributed by atoms with E-state index in [2.05, 4.69) is 4.74 Å². The quantitative estimate of drug-likeness (QED) is 0.797. The largest absolute Gasteiger partial charge is 0.481 e. The number of esters is 1. The molecule has 94 valence electrons. The zero-order valence-electron chi connectivity index (χ0n) is 9.25. The van der Waals surface area contributed by atoms with Crippen LogP contribution in [0, 0.1) is 0 Å². The summed E-state index contributed by atoms with van der Waals surface area (Å²) in [6.45, 7) is 0. The average Bonchev–Trinajstić information content (AvgIpc) is 2.27. The molecule has 0 spiro atoms. The summed E-state index contributed by atoms with van der Waals surface area (Å²) in [4.78, 5) is 21.7. The van der Waals surface area contributed by atoms with Gasteiger partial charge in [0.05, 0.1) is 19.1 Å². The van der Waals surface area contributed by atoms with Gasteiger partial charge in [0.25, 0.3) is 0 Å². The summed E-state index contributed by atoms with van der Waals surface area (Å²) in [5.41, 5.74) is 6.64. The van der Waals surface area contributed by atoms with Crippen LogP contribution in [0.15, 0.2) is 24.3 Å². The van der Waals surface area contributed by atoms with E-state index in [0.29, 0.717) is 11.1 Å². The predicted molar refractivity (Wildman–Crippen MR) is 64.2 cm³/mol. The fourth-order valence-corrected chi connectivity index (χ4v) is 1.32. The first-order chi connectivity index (χ1) is 7.54. The molecular formula is C11H14ClNO4. The van der Waals surface area contributed by atoms with Crippen LogP contribution in [0.2, 0.25) is 0 Å². The van der Waals surface area contributed by atoms with Gasteiger partial charge in [0.1, 0.15) is 0 Å². The summed E-state index contributed by atoms with van der Waals surface area (Å²) >= 11 is 0. The molecule has 0 bridgehead atoms. The van der Waals surface area contributed by atoms with Gasteiger partial charge in [-0.2, -0.15) is 0 Å². The molecule has 17 heavy (non-hydrogen) atoms. The fraction of sp³-hybridized carbons (Fsp3) is 0.273. The van der Waals surface area contributed by atoms with Crippen LogP contribution >= 0.6 is 12.4 Å². The van der Waals surface area contributed by atoms with E-state index in [9.17, 15) is 9.59 Å². The number of carbonyl (C=O) groups excluding carboxylic acids is 1. The van der Waals surface area contributed by atoms with E-state index in [4.69, 9.17) is 10.8 Å². The number of aliphatic carboxylic acids is 1. The van der Waals surface area contributed by atoms with Gasteiger partial charge in [-0.25, -0.2) is 4.79 Å². The molecular weight excluding hydrogens is 246 g/mol. The van der Waals surface area contributed by atoms with Crippen molar-refractivity contribution in [3.63, 3.8) is 0 Å². The van der Waals surface area contributed by atoms with Crippen LogP contribution in [0.25, 0.3) is 0 Å². The third-order valence-electron chi connectivity index (χ3n) is 2.13. The molecule has 1 unspecified atom stereocenters. The lowest BCUT2D eigenvalue weighted by molar-refractivity contribution is -0.137. The van der Waals surface area contributed by atoms with E-state index < -0.39 is 18.0 Å². The molecule has 0 aliphatic carbocycles. The van der Waals surface area contributed by atoms with Crippen molar-refractivity contribution in [1.29, 1.82) is 0 Å². The van der Waals surface area contributed by atoms with Crippen molar-refractivity contribution in [3.05, 3.63) is 35.4 Å². The molecule has 1 aromatic rings. The highest BCUT2D eigenvalue weighted by atomic mass is 35.5. The van der Waals surface area contributed by atoms with Crippen LogP contribution in [-0.4, -0.2) is 24.2 Å². The minimum atomic E-state index is -0.976. The molecule has 6 heteroatoms. The number of nitrogens with two attached hydrogens (primary N) is 1. The van der Waals surface area contributed by atoms with Crippen molar-refractivity contribution in [2.24, 2.45) is 5.73 Å². The number of benzene rings is 1. The first-order valence-corrected chi connectivity index (χ1v) is 4.70. The zero-order chi connectivity index (χ0) is 12.1. The Labute approximate surface area is 105 Å². The van der Waals surface area contributed by atoms with Crippen molar-refractivity contribution in [1.82, 2.24) is 0 Å². The molecule has 0 aliphatic rings. The molecule has 0 aromatic heterocycles. The Kier molecular flexibility index (Phi) is 6.23. The summed E-state index contributed by atoms with van der Waals surface area (Å²) in [6.07, 6.45) is -0.176. The van der Waals surface area contributed by atoms with E-state index in [0.717, 1.165) is 0 Å². The minimum absolute atomic E-state index is 0. The van der Waals surface area contributed by atoms with Crippen molar-refractivity contribution in [3.8, 4) is 0 Å². The maximum atomic E-state index is 11.2. The highest BCUT2D eigenvalue weighted by molar-refractivity contribution is 5.89. The Morgan fingerprint density at radius 1 is 1.47 bits per heavy atom. The van der Waals surface area contributed by atoms with Crippen LogP contribution in [0.1, 0.15) is 28.4 Å². The first kappa shape index (κ1) is 15.4. The lowest BCUT2D eigenvalue weighted by atomic mass is 10.0. The number of carbonyl (C=O) groups is 2. The van der Waals surface area contributed by atoms with Gasteiger partial charge < -0.3 is 15.6 Å². The second-order valence-corrected chi connectivity index (χ2v) is 3.32. The number of hydrogen-bond donors (Lipinski definition) is 2. The van der Waals surface area contributed by atoms with Gasteiger partial charge in [-0.3, -0.25) is 4.79 Å². The van der Waals surface area contributed by atoms with E-state index in [1.54, 1.807) is 24.3 Å². The maximum Gasteiger partial charge on any atom is 0.337 e. The summed E-state index contributed by atoms with van der Waals surface area (Å²) in [6, 6.07) is 5.83. The van der Waals surface area contributed by atoms with Crippen LogP contribution < -0.4 is 5.73 Å². The van der Waals surface area contributed by atoms with Gasteiger partial charge in [-0.1, -0.05) is 12.1 Å². The molecule has 0 saturated heterocycles. The Morgan fingerprint density at radius 3 is 2.65 bits per heavy atom. The van der Waals surface area contributed by atoms with Crippen LogP contribution in [-0.2, 0) is 9.53 Å². The summed E-state index contributed by atoms with van der Waals surface area (Å²) in [5.74, 6) is -1.44. The van der Waals surface area contributed by atoms with E-state index >= 15 is 0 Å². The second-order valence-electron chi connectivity index (χ2n) is 3.32. The van der Waals surface area contributed by atoms with Gasteiger partial charge in [0.15, 0.2) is 0 Å². The fourth-order valence-electron chi connectivity index (χ4n) is 1.32. The number of ether oxygens (including phenoxy) is 1. The Balaban J connectivity index is 0.00000256. The van der Waals surface area contributed by atoms with Gasteiger partial charge >= 0.3 is 11.9 Å². The molecule has 5 nitrogen and oxygen atoms in total. The van der Waals surface area contributed by atoms with E-state index in [1.165, 1.54) is 7.11 Å². The highest BCUT2D eigenvalue weighted by Gasteiger charge is 2.13. The SMILES string of the molecule is COC(=O)c1cccc(C(N)CC(=O)O)c1.Cl. The molecule has 1 rings (SSSR count). The topological polar surface area (TPSA) is 89.6 Å². The highest BCUT2D eigenvalue weighted by Crippen LogP contribution is 2.16. The first-order valence-electron chi connectivity index (χ1n) is 4.70. The number of hydrogen-bond acceptors (Lipinski definition) is 4. The number of rotatable bonds is 4. The summed E-state index contributed by atoms with van der Waals surface area (Å²) in [7, 11) is 1.28. The minimum Gasteiger partial charge on any atom is -0.481 e. The third-order valence-corrected chi connectivity index (χ3v) is 2.13. The van der Waals surface area contributed by atoms with Crippen molar-refractivity contribution < 1.29 is 19.4 Å². The van der Waals surface area contributed by atoms with Crippen molar-refractivity contribution in [2.45, 2.75) is 12.5 Å². The normalized spacial score (nSPS) is 11.2. The van der Waals surface area contributed by atoms with Gasteiger partial charge in [-0.15, -0.1) is 12.4 Å². The Hall–Kier alpha value is -1.59. The lowest BCUT2D eigenvalue weighted by Crippen LogP contribution is -2.15. The van der Waals surface area contributed by atoms with Crippen LogP contribution in [0.5, 0.6) is 0 Å². The molecule has 0 radical (unpaired) electrons. The van der Waals surface area contributed by atoms with Crippen molar-refractivity contribution in [2.75, 3.05) is 7.11 Å². The standard InChI is InChI=1S/C11H13NO4.ClH/c1-16-11(15)8-4-2-3-7(5-8)9(12)6-10(13)14;/h2-5,9H,6,12H2,1H3,(H,13,14);1H. The summed E-state index contributed by atoms with van der Waals surface area (Å²) in [5, 5.41) is 8.60. The average molecular weight is 260 g/mol. The number of methoxy groups -OCH3 is 1. The Morgan fingerprint density at radius 2 is 2.12 bits per heavy atom. The third kappa shape index (κ3) is 4.42. The number of carboxylic acids is 1. The molecule has 1 aromatic carbocycles. The molecule has 0 heterocycles.